The largest absolute Gasteiger partial charge is 0.449 e. The SMILES string of the molecule is C[Si](C)(C)O[Si](c1ccccc1)c1ccccc1. The highest BCUT2D eigenvalue weighted by Gasteiger charge is 2.26. The summed E-state index contributed by atoms with van der Waals surface area (Å²) in [6, 6.07) is 21.2. The van der Waals surface area contributed by atoms with Crippen molar-refractivity contribution < 1.29 is 4.12 Å². The molecule has 0 N–H and O–H groups in total. The van der Waals surface area contributed by atoms with Gasteiger partial charge in [-0.2, -0.15) is 0 Å². The molecule has 0 aliphatic heterocycles. The lowest BCUT2D eigenvalue weighted by Gasteiger charge is -2.25. The standard InChI is InChI=1S/C15H19OSi2/c1-18(2,3)16-17(14-10-6-4-7-11-14)15-12-8-5-9-13-15/h4-13H,1-3H3. The molecule has 0 bridgehead atoms. The third kappa shape index (κ3) is 3.66. The summed E-state index contributed by atoms with van der Waals surface area (Å²) in [5.74, 6) is 0. The van der Waals surface area contributed by atoms with E-state index in [9.17, 15) is 0 Å². The average molecular weight is 271 g/mol. The fraction of sp³-hybridized carbons (Fsp3) is 0.200. The van der Waals surface area contributed by atoms with Crippen LogP contribution < -0.4 is 10.4 Å². The monoisotopic (exact) mass is 271 g/mol. The Hall–Kier alpha value is -1.17. The number of rotatable bonds is 4. The number of benzene rings is 2. The molecule has 2 aromatic rings. The Morgan fingerprint density at radius 3 is 1.44 bits per heavy atom. The Bertz CT molecular complexity index is 437. The van der Waals surface area contributed by atoms with E-state index in [1.165, 1.54) is 10.4 Å². The van der Waals surface area contributed by atoms with Gasteiger partial charge < -0.3 is 4.12 Å². The van der Waals surface area contributed by atoms with Crippen molar-refractivity contribution in [3.05, 3.63) is 60.7 Å². The molecule has 3 heteroatoms. The molecule has 0 fully saturated rings. The Balaban J connectivity index is 2.36. The van der Waals surface area contributed by atoms with E-state index in [0.29, 0.717) is 0 Å². The summed E-state index contributed by atoms with van der Waals surface area (Å²) in [4.78, 5) is 0. The van der Waals surface area contributed by atoms with Gasteiger partial charge in [-0.15, -0.1) is 0 Å². The summed E-state index contributed by atoms with van der Waals surface area (Å²) in [7, 11) is -2.64. The normalized spacial score (nSPS) is 11.8. The molecule has 0 aromatic heterocycles. The molecule has 2 aromatic carbocycles. The van der Waals surface area contributed by atoms with Crippen LogP contribution in [0.3, 0.4) is 0 Å². The van der Waals surface area contributed by atoms with Crippen molar-refractivity contribution >= 4 is 27.7 Å². The molecule has 2 rings (SSSR count). The third-order valence-electron chi connectivity index (χ3n) is 2.48. The van der Waals surface area contributed by atoms with Gasteiger partial charge in [0.05, 0.1) is 0 Å². The van der Waals surface area contributed by atoms with Crippen LogP contribution in [0.5, 0.6) is 0 Å². The van der Waals surface area contributed by atoms with Gasteiger partial charge in [-0.25, -0.2) is 0 Å². The van der Waals surface area contributed by atoms with Gasteiger partial charge in [0.15, 0.2) is 8.32 Å². The molecule has 0 saturated carbocycles. The van der Waals surface area contributed by atoms with Crippen LogP contribution in [-0.2, 0) is 4.12 Å². The van der Waals surface area contributed by atoms with Crippen molar-refractivity contribution in [1.29, 1.82) is 0 Å². The fourth-order valence-electron chi connectivity index (χ4n) is 1.77. The second-order valence-electron chi connectivity index (χ2n) is 5.28. The highest BCUT2D eigenvalue weighted by molar-refractivity contribution is 6.88. The van der Waals surface area contributed by atoms with Crippen LogP contribution >= 0.6 is 0 Å². The molecule has 0 amide bonds. The van der Waals surface area contributed by atoms with Crippen LogP contribution in [0, 0.1) is 0 Å². The van der Waals surface area contributed by atoms with E-state index >= 15 is 0 Å². The van der Waals surface area contributed by atoms with Gasteiger partial charge in [0, 0.05) is 0 Å². The van der Waals surface area contributed by atoms with Crippen LogP contribution in [-0.4, -0.2) is 17.4 Å². The van der Waals surface area contributed by atoms with Crippen molar-refractivity contribution in [3.8, 4) is 0 Å². The van der Waals surface area contributed by atoms with E-state index in [1.807, 2.05) is 0 Å². The van der Waals surface area contributed by atoms with Gasteiger partial charge in [-0.1, -0.05) is 60.7 Å². The molecule has 0 saturated heterocycles. The zero-order chi connectivity index (χ0) is 13.0. The lowest BCUT2D eigenvalue weighted by molar-refractivity contribution is 0.594. The summed E-state index contributed by atoms with van der Waals surface area (Å²) in [6.07, 6.45) is 0. The number of hydrogen-bond acceptors (Lipinski definition) is 1. The second-order valence-corrected chi connectivity index (χ2v) is 12.1. The maximum Gasteiger partial charge on any atom is 0.272 e. The first-order valence-electron chi connectivity index (χ1n) is 6.23. The topological polar surface area (TPSA) is 9.23 Å². The Morgan fingerprint density at radius 2 is 1.11 bits per heavy atom. The molecule has 1 nitrogen and oxygen atoms in total. The quantitative estimate of drug-likeness (QED) is 0.777. The molecule has 0 spiro atoms. The van der Waals surface area contributed by atoms with Gasteiger partial charge >= 0.3 is 0 Å². The minimum Gasteiger partial charge on any atom is -0.449 e. The fourth-order valence-corrected chi connectivity index (χ4v) is 6.49. The van der Waals surface area contributed by atoms with Crippen molar-refractivity contribution in [2.75, 3.05) is 0 Å². The molecular formula is C15H19OSi2. The Kier molecular flexibility index (Phi) is 4.16. The van der Waals surface area contributed by atoms with Crippen LogP contribution in [0.15, 0.2) is 60.7 Å². The zero-order valence-electron chi connectivity index (χ0n) is 11.2. The first kappa shape index (κ1) is 13.3. The van der Waals surface area contributed by atoms with E-state index in [0.717, 1.165) is 0 Å². The van der Waals surface area contributed by atoms with Gasteiger partial charge in [0.2, 0.25) is 0 Å². The highest BCUT2D eigenvalue weighted by atomic mass is 28.4. The lowest BCUT2D eigenvalue weighted by Crippen LogP contribution is -2.50. The van der Waals surface area contributed by atoms with Crippen molar-refractivity contribution in [2.45, 2.75) is 19.6 Å². The van der Waals surface area contributed by atoms with E-state index in [2.05, 4.69) is 80.3 Å². The van der Waals surface area contributed by atoms with E-state index in [-0.39, 0.29) is 0 Å². The average Bonchev–Trinajstić information content (AvgIpc) is 2.37. The lowest BCUT2D eigenvalue weighted by atomic mass is 10.4. The van der Waals surface area contributed by atoms with Crippen molar-refractivity contribution in [2.24, 2.45) is 0 Å². The highest BCUT2D eigenvalue weighted by Crippen LogP contribution is 2.06. The first-order valence-corrected chi connectivity index (χ1v) is 11.0. The zero-order valence-corrected chi connectivity index (χ0v) is 13.2. The van der Waals surface area contributed by atoms with Gasteiger partial charge in [0.1, 0.15) is 0 Å². The predicted molar refractivity (Wildman–Crippen MR) is 82.3 cm³/mol. The third-order valence-corrected chi connectivity index (χ3v) is 7.46. The molecule has 1 radical (unpaired) electrons. The smallest absolute Gasteiger partial charge is 0.272 e. The van der Waals surface area contributed by atoms with Gasteiger partial charge in [-0.05, 0) is 30.0 Å². The van der Waals surface area contributed by atoms with Crippen LogP contribution in [0.1, 0.15) is 0 Å². The molecule has 0 aliphatic carbocycles. The maximum absolute atomic E-state index is 6.45. The molecule has 0 atom stereocenters. The van der Waals surface area contributed by atoms with E-state index in [1.54, 1.807) is 0 Å². The molecule has 0 heterocycles. The summed E-state index contributed by atoms with van der Waals surface area (Å²) in [5, 5.41) is 2.66. The summed E-state index contributed by atoms with van der Waals surface area (Å²) >= 11 is 0. The molecule has 18 heavy (non-hydrogen) atoms. The van der Waals surface area contributed by atoms with Crippen LogP contribution in [0.4, 0.5) is 0 Å². The molecule has 0 unspecified atom stereocenters. The predicted octanol–water partition coefficient (Wildman–Crippen LogP) is 2.64. The second kappa shape index (κ2) is 5.65. The minimum absolute atomic E-state index is 1.10. The summed E-state index contributed by atoms with van der Waals surface area (Å²) < 4.78 is 6.45. The molecule has 93 valence electrons. The van der Waals surface area contributed by atoms with E-state index < -0.39 is 17.4 Å². The Morgan fingerprint density at radius 1 is 0.722 bits per heavy atom. The summed E-state index contributed by atoms with van der Waals surface area (Å²) in [5.41, 5.74) is 0. The maximum atomic E-state index is 6.45. The van der Waals surface area contributed by atoms with Crippen LogP contribution in [0.2, 0.25) is 19.6 Å². The molecule has 0 aliphatic rings. The van der Waals surface area contributed by atoms with Crippen LogP contribution in [0.25, 0.3) is 0 Å². The van der Waals surface area contributed by atoms with Crippen molar-refractivity contribution in [1.82, 2.24) is 0 Å². The molecular weight excluding hydrogens is 252 g/mol. The van der Waals surface area contributed by atoms with E-state index in [4.69, 9.17) is 4.12 Å². The summed E-state index contributed by atoms with van der Waals surface area (Å²) in [6.45, 7) is 6.76. The van der Waals surface area contributed by atoms with Crippen molar-refractivity contribution in [3.63, 3.8) is 0 Å². The first-order chi connectivity index (χ1) is 8.56. The van der Waals surface area contributed by atoms with Gasteiger partial charge in [-0.3, -0.25) is 0 Å². The Labute approximate surface area is 112 Å². The minimum atomic E-state index is -1.54. The number of hydrogen-bond donors (Lipinski definition) is 0. The van der Waals surface area contributed by atoms with Gasteiger partial charge in [0.25, 0.3) is 9.04 Å².